The Hall–Kier alpha value is -1.94. The Balaban J connectivity index is 5.22. The number of esters is 4. The van der Waals surface area contributed by atoms with Gasteiger partial charge in [-0.1, -0.05) is 325 Å². The zero-order valence-electron chi connectivity index (χ0n) is 61.6. The van der Waals surface area contributed by atoms with E-state index >= 15 is 0 Å². The third-order valence-electron chi connectivity index (χ3n) is 18.0. The number of aliphatic hydroxyl groups excluding tert-OH is 1. The van der Waals surface area contributed by atoms with Gasteiger partial charge in [0.2, 0.25) is 0 Å². The van der Waals surface area contributed by atoms with Crippen molar-refractivity contribution in [2.75, 3.05) is 39.6 Å². The van der Waals surface area contributed by atoms with Crippen LogP contribution in [0.25, 0.3) is 0 Å². The van der Waals surface area contributed by atoms with Gasteiger partial charge < -0.3 is 33.8 Å². The third kappa shape index (κ3) is 66.0. The number of aliphatic hydroxyl groups is 1. The molecule has 0 aromatic heterocycles. The second-order valence-electron chi connectivity index (χ2n) is 28.5. The summed E-state index contributed by atoms with van der Waals surface area (Å²) in [5.41, 5.74) is 0. The molecule has 0 bridgehead atoms. The summed E-state index contributed by atoms with van der Waals surface area (Å²) >= 11 is 0. The molecule has 0 aliphatic carbocycles. The first kappa shape index (κ1) is 92.1. The molecule has 0 fully saturated rings. The number of carbonyl (C=O) groups excluding carboxylic acids is 4. The predicted molar refractivity (Wildman–Crippen MR) is 381 cm³/mol. The fraction of sp³-hybridized carbons (Fsp3) is 0.947. The van der Waals surface area contributed by atoms with E-state index in [1.54, 1.807) is 0 Å². The largest absolute Gasteiger partial charge is 0.472 e. The number of unbranched alkanes of at least 4 members (excludes halogenated alkanes) is 36. The molecule has 17 nitrogen and oxygen atoms in total. The van der Waals surface area contributed by atoms with Crippen LogP contribution in [0.1, 0.15) is 376 Å². The summed E-state index contributed by atoms with van der Waals surface area (Å²) in [6.07, 6.45) is 48.6. The number of hydrogen-bond donors (Lipinski definition) is 3. The van der Waals surface area contributed by atoms with E-state index in [0.717, 1.165) is 126 Å². The molecule has 94 heavy (non-hydrogen) atoms. The number of rotatable bonds is 72. The molecule has 0 heterocycles. The summed E-state index contributed by atoms with van der Waals surface area (Å²) in [5.74, 6) is 0.927. The Morgan fingerprint density at radius 3 is 0.755 bits per heavy atom. The van der Waals surface area contributed by atoms with E-state index in [1.165, 1.54) is 167 Å². The standard InChI is InChI=1S/C75H146O17P2/c1-9-67(7)53-45-37-31-33-39-47-55-72(77)85-61-70(91-74(79)57-49-41-29-25-21-17-13-11-12-15-19-23-27-35-43-51-65(3)4)63-89-93(81,82)87-59-69(76)60-88-94(83,84)90-64-71(62-86-73(78)56-48-40-34-32-38-46-54-68(8)10-2)92-75(80)58-50-42-30-26-22-18-14-16-20-24-28-36-44-52-66(5)6/h65-71,76H,9-64H2,1-8H3,(H,81,82)(H,83,84)/t67?,68?,69-,70+,71+/m0/s1. The molecule has 0 aromatic rings. The van der Waals surface area contributed by atoms with Crippen molar-refractivity contribution in [2.24, 2.45) is 23.7 Å². The average molecular weight is 1380 g/mol. The second kappa shape index (κ2) is 64.4. The van der Waals surface area contributed by atoms with E-state index in [9.17, 15) is 43.2 Å². The summed E-state index contributed by atoms with van der Waals surface area (Å²) in [7, 11) is -9.91. The lowest BCUT2D eigenvalue weighted by molar-refractivity contribution is -0.161. The zero-order chi connectivity index (χ0) is 69.6. The van der Waals surface area contributed by atoms with E-state index in [1.807, 2.05) is 0 Å². The maximum absolute atomic E-state index is 13.1. The molecule has 0 radical (unpaired) electrons. The number of phosphoric acid groups is 2. The summed E-state index contributed by atoms with van der Waals surface area (Å²) in [6, 6.07) is 0. The smallest absolute Gasteiger partial charge is 0.462 e. The van der Waals surface area contributed by atoms with Crippen molar-refractivity contribution in [2.45, 2.75) is 395 Å². The summed E-state index contributed by atoms with van der Waals surface area (Å²) in [6.45, 7) is 14.2. The molecule has 0 aromatic carbocycles. The van der Waals surface area contributed by atoms with Gasteiger partial charge in [0.1, 0.15) is 19.3 Å². The van der Waals surface area contributed by atoms with Crippen molar-refractivity contribution < 1.29 is 80.2 Å². The molecule has 0 saturated carbocycles. The Kier molecular flexibility index (Phi) is 63.1. The molecule has 7 atom stereocenters. The first-order valence-electron chi connectivity index (χ1n) is 38.8. The van der Waals surface area contributed by atoms with Crippen molar-refractivity contribution in [3.8, 4) is 0 Å². The van der Waals surface area contributed by atoms with Crippen LogP contribution in [-0.2, 0) is 65.4 Å². The van der Waals surface area contributed by atoms with Crippen LogP contribution in [0.4, 0.5) is 0 Å². The summed E-state index contributed by atoms with van der Waals surface area (Å²) < 4.78 is 68.5. The molecule has 4 unspecified atom stereocenters. The van der Waals surface area contributed by atoms with Gasteiger partial charge >= 0.3 is 39.5 Å². The van der Waals surface area contributed by atoms with Gasteiger partial charge in [0, 0.05) is 25.7 Å². The van der Waals surface area contributed by atoms with Crippen LogP contribution < -0.4 is 0 Å². The number of phosphoric ester groups is 2. The monoisotopic (exact) mass is 1380 g/mol. The number of carbonyl (C=O) groups is 4. The van der Waals surface area contributed by atoms with E-state index in [-0.39, 0.29) is 25.7 Å². The summed E-state index contributed by atoms with van der Waals surface area (Å²) in [4.78, 5) is 72.7. The molecule has 0 aliphatic rings. The Bertz CT molecular complexity index is 1850. The van der Waals surface area contributed by atoms with Crippen molar-refractivity contribution in [1.29, 1.82) is 0 Å². The van der Waals surface area contributed by atoms with Crippen molar-refractivity contribution in [1.82, 2.24) is 0 Å². The Morgan fingerprint density at radius 2 is 0.511 bits per heavy atom. The average Bonchev–Trinajstić information content (AvgIpc) is 1.99. The highest BCUT2D eigenvalue weighted by molar-refractivity contribution is 7.47. The lowest BCUT2D eigenvalue weighted by atomic mass is 10.00. The maximum Gasteiger partial charge on any atom is 0.472 e. The molecular formula is C75H146O17P2. The van der Waals surface area contributed by atoms with Gasteiger partial charge in [-0.25, -0.2) is 9.13 Å². The van der Waals surface area contributed by atoms with Crippen LogP contribution in [0.5, 0.6) is 0 Å². The second-order valence-corrected chi connectivity index (χ2v) is 31.4. The summed E-state index contributed by atoms with van der Waals surface area (Å²) in [5, 5.41) is 10.6. The van der Waals surface area contributed by atoms with Crippen LogP contribution in [0.15, 0.2) is 0 Å². The highest BCUT2D eigenvalue weighted by atomic mass is 31.2. The molecule has 19 heteroatoms. The first-order chi connectivity index (χ1) is 45.2. The molecule has 0 rings (SSSR count). The molecule has 558 valence electrons. The fourth-order valence-corrected chi connectivity index (χ4v) is 12.9. The highest BCUT2D eigenvalue weighted by Gasteiger charge is 2.30. The van der Waals surface area contributed by atoms with Gasteiger partial charge in [-0.2, -0.15) is 0 Å². The van der Waals surface area contributed by atoms with E-state index in [4.69, 9.17) is 37.0 Å². The minimum absolute atomic E-state index is 0.106. The van der Waals surface area contributed by atoms with E-state index in [0.29, 0.717) is 25.7 Å². The van der Waals surface area contributed by atoms with E-state index in [2.05, 4.69) is 55.4 Å². The van der Waals surface area contributed by atoms with Gasteiger partial charge in [0.15, 0.2) is 12.2 Å². The third-order valence-corrected chi connectivity index (χ3v) is 19.9. The van der Waals surface area contributed by atoms with Crippen molar-refractivity contribution in [3.05, 3.63) is 0 Å². The van der Waals surface area contributed by atoms with Gasteiger partial charge in [0.05, 0.1) is 26.4 Å². The molecule has 0 aliphatic heterocycles. The van der Waals surface area contributed by atoms with Crippen LogP contribution in [-0.4, -0.2) is 96.7 Å². The minimum Gasteiger partial charge on any atom is -0.462 e. The molecular weight excluding hydrogens is 1230 g/mol. The number of hydrogen-bond acceptors (Lipinski definition) is 15. The van der Waals surface area contributed by atoms with Crippen molar-refractivity contribution >= 4 is 39.5 Å². The van der Waals surface area contributed by atoms with Gasteiger partial charge in [-0.05, 0) is 49.4 Å². The fourth-order valence-electron chi connectivity index (χ4n) is 11.3. The first-order valence-corrected chi connectivity index (χ1v) is 41.8. The van der Waals surface area contributed by atoms with Gasteiger partial charge in [-0.3, -0.25) is 37.3 Å². The molecule has 0 amide bonds. The maximum atomic E-state index is 13.1. The quantitative estimate of drug-likeness (QED) is 0.0222. The lowest BCUT2D eigenvalue weighted by Crippen LogP contribution is -2.30. The van der Waals surface area contributed by atoms with Crippen molar-refractivity contribution in [3.63, 3.8) is 0 Å². The predicted octanol–water partition coefficient (Wildman–Crippen LogP) is 21.7. The van der Waals surface area contributed by atoms with Gasteiger partial charge in [0.25, 0.3) is 0 Å². The number of ether oxygens (including phenoxy) is 4. The normalized spacial score (nSPS) is 14.7. The van der Waals surface area contributed by atoms with Crippen LogP contribution in [0.2, 0.25) is 0 Å². The van der Waals surface area contributed by atoms with Crippen LogP contribution >= 0.6 is 15.6 Å². The van der Waals surface area contributed by atoms with E-state index < -0.39 is 97.5 Å². The highest BCUT2D eigenvalue weighted by Crippen LogP contribution is 2.45. The topological polar surface area (TPSA) is 237 Å². The lowest BCUT2D eigenvalue weighted by Gasteiger charge is -2.21. The zero-order valence-corrected chi connectivity index (χ0v) is 63.4. The Labute approximate surface area is 575 Å². The van der Waals surface area contributed by atoms with Gasteiger partial charge in [-0.15, -0.1) is 0 Å². The van der Waals surface area contributed by atoms with Crippen LogP contribution in [0, 0.1) is 23.7 Å². The molecule has 0 spiro atoms. The SMILES string of the molecule is CCC(C)CCCCCCCCC(=O)OC[C@H](COP(=O)(O)OC[C@H](O)COP(=O)(O)OC[C@@H](COC(=O)CCCCCCCCC(C)CC)OC(=O)CCCCCCCCCCCCCCCC(C)C)OC(=O)CCCCCCCCCCCCCCCCCC(C)C. The Morgan fingerprint density at radius 1 is 0.298 bits per heavy atom. The molecule has 3 N–H and O–H groups in total. The minimum atomic E-state index is -4.96. The molecule has 0 saturated heterocycles. The van der Waals surface area contributed by atoms with Crippen LogP contribution in [0.3, 0.4) is 0 Å².